The molecule has 0 unspecified atom stereocenters. The van der Waals surface area contributed by atoms with Crippen LogP contribution in [0.3, 0.4) is 0 Å². The maximum absolute atomic E-state index is 12.0. The fraction of sp³-hybridized carbons (Fsp3) is 0.154. The molecule has 18 heavy (non-hydrogen) atoms. The number of hydrazine groups is 1. The number of hydrogen-bond acceptors (Lipinski definition) is 3. The summed E-state index contributed by atoms with van der Waals surface area (Å²) in [6.07, 6.45) is 1.87. The number of fused-ring (bicyclic) bond motifs is 1. The second kappa shape index (κ2) is 5.42. The fourth-order valence-electron chi connectivity index (χ4n) is 1.44. The van der Waals surface area contributed by atoms with Gasteiger partial charge in [-0.1, -0.05) is 35.9 Å². The number of benzene rings is 1. The number of rotatable bonds is 3. The molecule has 0 aliphatic rings. The van der Waals surface area contributed by atoms with Gasteiger partial charge in [-0.05, 0) is 19.9 Å². The lowest BCUT2D eigenvalue weighted by atomic mass is 10.2. The van der Waals surface area contributed by atoms with Crippen LogP contribution < -0.4 is 10.9 Å². The molecule has 0 saturated carbocycles. The third-order valence-corrected chi connectivity index (χ3v) is 4.22. The van der Waals surface area contributed by atoms with Crippen LogP contribution >= 0.6 is 22.9 Å². The molecule has 0 spiro atoms. The van der Waals surface area contributed by atoms with Crippen LogP contribution in [0.25, 0.3) is 10.1 Å². The van der Waals surface area contributed by atoms with E-state index in [9.17, 15) is 4.79 Å². The molecule has 5 heteroatoms. The van der Waals surface area contributed by atoms with Crippen LogP contribution in [0.1, 0.15) is 23.5 Å². The Hall–Kier alpha value is -1.52. The highest BCUT2D eigenvalue weighted by Gasteiger charge is 2.16. The number of carbonyl (C=O) groups is 1. The summed E-state index contributed by atoms with van der Waals surface area (Å²) in [7, 11) is 0. The van der Waals surface area contributed by atoms with Gasteiger partial charge in [0.2, 0.25) is 0 Å². The van der Waals surface area contributed by atoms with E-state index in [0.29, 0.717) is 9.90 Å². The standard InChI is InChI=1S/C13H13ClN2OS/c1-3-8(2)15-16-13(17)12-11(14)9-6-4-5-7-10(9)18-12/h3-7,15H,1-2H3,(H,16,17). The number of halogens is 1. The van der Waals surface area contributed by atoms with Gasteiger partial charge in [-0.2, -0.15) is 0 Å². The number of carbonyl (C=O) groups excluding carboxylic acids is 1. The minimum atomic E-state index is -0.220. The average Bonchev–Trinajstić information content (AvgIpc) is 2.73. The molecule has 0 aliphatic heterocycles. The molecule has 2 N–H and O–H groups in total. The summed E-state index contributed by atoms with van der Waals surface area (Å²) in [6.45, 7) is 3.76. The van der Waals surface area contributed by atoms with Crippen molar-refractivity contribution < 1.29 is 4.79 Å². The monoisotopic (exact) mass is 280 g/mol. The molecule has 0 bridgehead atoms. The largest absolute Gasteiger partial charge is 0.303 e. The lowest BCUT2D eigenvalue weighted by Gasteiger charge is -2.06. The molecule has 3 nitrogen and oxygen atoms in total. The van der Waals surface area contributed by atoms with Crippen molar-refractivity contribution in [2.75, 3.05) is 0 Å². The van der Waals surface area contributed by atoms with Crippen LogP contribution in [-0.2, 0) is 0 Å². The first-order valence-electron chi connectivity index (χ1n) is 5.49. The molecular formula is C13H13ClN2OS. The Morgan fingerprint density at radius 2 is 2.06 bits per heavy atom. The number of allylic oxidation sites excluding steroid dienone is 2. The predicted octanol–water partition coefficient (Wildman–Crippen LogP) is 3.71. The number of nitrogens with one attached hydrogen (secondary N) is 2. The van der Waals surface area contributed by atoms with Gasteiger partial charge in [0.25, 0.3) is 5.91 Å². The van der Waals surface area contributed by atoms with Crippen LogP contribution in [0.5, 0.6) is 0 Å². The van der Waals surface area contributed by atoms with Gasteiger partial charge in [-0.25, -0.2) is 0 Å². The molecule has 0 fully saturated rings. The summed E-state index contributed by atoms with van der Waals surface area (Å²) < 4.78 is 1.01. The molecule has 0 saturated heterocycles. The molecule has 2 rings (SSSR count). The summed E-state index contributed by atoms with van der Waals surface area (Å²) in [5.41, 5.74) is 6.31. The Labute approximate surface area is 114 Å². The van der Waals surface area contributed by atoms with E-state index in [1.807, 2.05) is 44.2 Å². The van der Waals surface area contributed by atoms with Gasteiger partial charge in [-0.15, -0.1) is 11.3 Å². The van der Waals surface area contributed by atoms with E-state index in [2.05, 4.69) is 10.9 Å². The second-order valence-electron chi connectivity index (χ2n) is 3.79. The summed E-state index contributed by atoms with van der Waals surface area (Å²) in [5.74, 6) is -0.220. The topological polar surface area (TPSA) is 41.1 Å². The van der Waals surface area contributed by atoms with E-state index in [1.54, 1.807) is 0 Å². The molecular weight excluding hydrogens is 268 g/mol. The maximum atomic E-state index is 12.0. The SMILES string of the molecule is CC=C(C)NNC(=O)c1sc2ccccc2c1Cl. The van der Waals surface area contributed by atoms with Crippen molar-refractivity contribution in [2.45, 2.75) is 13.8 Å². The Morgan fingerprint density at radius 1 is 1.33 bits per heavy atom. The average molecular weight is 281 g/mol. The first-order valence-corrected chi connectivity index (χ1v) is 6.69. The van der Waals surface area contributed by atoms with E-state index >= 15 is 0 Å². The zero-order chi connectivity index (χ0) is 13.1. The van der Waals surface area contributed by atoms with E-state index in [0.717, 1.165) is 15.8 Å². The minimum Gasteiger partial charge on any atom is -0.303 e. The number of hydrogen-bond donors (Lipinski definition) is 2. The molecule has 1 aromatic heterocycles. The number of thiophene rings is 1. The van der Waals surface area contributed by atoms with Crippen molar-refractivity contribution in [3.63, 3.8) is 0 Å². The highest BCUT2D eigenvalue weighted by atomic mass is 35.5. The fourth-order valence-corrected chi connectivity index (χ4v) is 2.86. The third-order valence-electron chi connectivity index (χ3n) is 2.55. The van der Waals surface area contributed by atoms with Crippen LogP contribution in [0.15, 0.2) is 36.0 Å². The minimum absolute atomic E-state index is 0.220. The van der Waals surface area contributed by atoms with Crippen molar-refractivity contribution in [3.8, 4) is 0 Å². The van der Waals surface area contributed by atoms with Crippen molar-refractivity contribution in [1.29, 1.82) is 0 Å². The summed E-state index contributed by atoms with van der Waals surface area (Å²) in [4.78, 5) is 12.5. The van der Waals surface area contributed by atoms with E-state index in [-0.39, 0.29) is 5.91 Å². The molecule has 0 aliphatic carbocycles. The van der Waals surface area contributed by atoms with Crippen LogP contribution in [0.2, 0.25) is 5.02 Å². The maximum Gasteiger partial charge on any atom is 0.281 e. The lowest BCUT2D eigenvalue weighted by Crippen LogP contribution is -2.35. The molecule has 1 amide bonds. The lowest BCUT2D eigenvalue weighted by molar-refractivity contribution is 0.0943. The Kier molecular flexibility index (Phi) is 3.89. The van der Waals surface area contributed by atoms with Crippen molar-refractivity contribution in [2.24, 2.45) is 0 Å². The second-order valence-corrected chi connectivity index (χ2v) is 5.22. The van der Waals surface area contributed by atoms with Gasteiger partial charge in [-0.3, -0.25) is 10.2 Å². The van der Waals surface area contributed by atoms with E-state index < -0.39 is 0 Å². The third kappa shape index (κ3) is 2.49. The first-order chi connectivity index (χ1) is 8.63. The number of amides is 1. The molecule has 2 aromatic rings. The predicted molar refractivity (Wildman–Crippen MR) is 76.9 cm³/mol. The van der Waals surface area contributed by atoms with Gasteiger partial charge >= 0.3 is 0 Å². The first kappa shape index (κ1) is 12.9. The highest BCUT2D eigenvalue weighted by molar-refractivity contribution is 7.21. The van der Waals surface area contributed by atoms with Gasteiger partial charge in [0.05, 0.1) is 5.02 Å². The Balaban J connectivity index is 2.25. The van der Waals surface area contributed by atoms with Crippen molar-refractivity contribution in [3.05, 3.63) is 45.9 Å². The zero-order valence-electron chi connectivity index (χ0n) is 10.1. The summed E-state index contributed by atoms with van der Waals surface area (Å²) in [6, 6.07) is 7.70. The molecule has 1 aromatic carbocycles. The zero-order valence-corrected chi connectivity index (χ0v) is 11.7. The van der Waals surface area contributed by atoms with Gasteiger partial charge in [0, 0.05) is 15.8 Å². The summed E-state index contributed by atoms with van der Waals surface area (Å²) in [5, 5.41) is 1.42. The smallest absolute Gasteiger partial charge is 0.281 e. The van der Waals surface area contributed by atoms with Crippen LogP contribution in [0.4, 0.5) is 0 Å². The Morgan fingerprint density at radius 3 is 2.72 bits per heavy atom. The van der Waals surface area contributed by atoms with Crippen molar-refractivity contribution >= 4 is 38.9 Å². The molecule has 0 atom stereocenters. The van der Waals surface area contributed by atoms with Gasteiger partial charge in [0.15, 0.2) is 0 Å². The molecule has 1 heterocycles. The normalized spacial score (nSPS) is 11.6. The van der Waals surface area contributed by atoms with E-state index in [1.165, 1.54) is 11.3 Å². The quantitative estimate of drug-likeness (QED) is 0.842. The Bertz CT molecular complexity index is 618. The molecule has 0 radical (unpaired) electrons. The van der Waals surface area contributed by atoms with Crippen LogP contribution in [-0.4, -0.2) is 5.91 Å². The molecule has 94 valence electrons. The highest BCUT2D eigenvalue weighted by Crippen LogP contribution is 2.34. The van der Waals surface area contributed by atoms with Gasteiger partial charge in [0.1, 0.15) is 4.88 Å². The summed E-state index contributed by atoms with van der Waals surface area (Å²) >= 11 is 7.60. The van der Waals surface area contributed by atoms with Gasteiger partial charge < -0.3 is 5.43 Å². The van der Waals surface area contributed by atoms with E-state index in [4.69, 9.17) is 11.6 Å². The van der Waals surface area contributed by atoms with Crippen LogP contribution in [0, 0.1) is 0 Å². The van der Waals surface area contributed by atoms with Crippen molar-refractivity contribution in [1.82, 2.24) is 10.9 Å².